The average molecular weight is 1840 g/mol. The summed E-state index contributed by atoms with van der Waals surface area (Å²) in [6.45, 7) is 35.1. The highest BCUT2D eigenvalue weighted by molar-refractivity contribution is 6.12. The second-order valence-electron chi connectivity index (χ2n) is 37.6. The van der Waals surface area contributed by atoms with Gasteiger partial charge in [0.25, 0.3) is 23.6 Å². The zero-order chi connectivity index (χ0) is 94.5. The molecule has 136 heavy (non-hydrogen) atoms. The molecule has 29 heteroatoms. The number of rotatable bonds is 20. The maximum absolute atomic E-state index is 13.6. The first-order chi connectivity index (χ1) is 66.0. The van der Waals surface area contributed by atoms with Crippen molar-refractivity contribution in [1.29, 1.82) is 0 Å². The molecule has 0 radical (unpaired) electrons. The molecule has 8 fully saturated rings. The zero-order valence-corrected chi connectivity index (χ0v) is 79.2. The van der Waals surface area contributed by atoms with Crippen molar-refractivity contribution in [3.63, 3.8) is 0 Å². The van der Waals surface area contributed by atoms with Gasteiger partial charge in [-0.05, 0) is 252 Å². The lowest BCUT2D eigenvalue weighted by atomic mass is 10.0. The molecule has 0 bridgehead atoms. The van der Waals surface area contributed by atoms with Crippen molar-refractivity contribution in [3.05, 3.63) is 278 Å². The molecule has 9 N–H and O–H groups in total. The van der Waals surface area contributed by atoms with Gasteiger partial charge in [0.15, 0.2) is 0 Å². The Morgan fingerprint density at radius 1 is 0.301 bits per heavy atom. The smallest absolute Gasteiger partial charge is 0.257 e. The van der Waals surface area contributed by atoms with E-state index in [0.717, 1.165) is 363 Å². The van der Waals surface area contributed by atoms with E-state index in [1.165, 1.54) is 5.56 Å². The molecule has 4 aromatic heterocycles. The van der Waals surface area contributed by atoms with Crippen molar-refractivity contribution >= 4 is 119 Å². The van der Waals surface area contributed by atoms with Crippen LogP contribution >= 0.6 is 0 Å². The number of ether oxygens (including phenoxy) is 1. The number of carbonyl (C=O) groups is 5. The van der Waals surface area contributed by atoms with Crippen LogP contribution in [0.4, 0.5) is 45.5 Å². The highest BCUT2D eigenvalue weighted by atomic mass is 16.5. The minimum Gasteiger partial charge on any atom is -0.379 e. The van der Waals surface area contributed by atoms with Gasteiger partial charge in [0.2, 0.25) is 28.1 Å². The number of anilines is 8. The number of pyridine rings is 4. The Morgan fingerprint density at radius 3 is 0.831 bits per heavy atom. The molecule has 0 unspecified atom stereocenters. The maximum atomic E-state index is 13.6. The highest BCUT2D eigenvalue weighted by Crippen LogP contribution is 2.35. The third-order valence-electron chi connectivity index (χ3n) is 27.6. The summed E-state index contributed by atoms with van der Waals surface area (Å²) in [5, 5.41) is 19.5. The third-order valence-corrected chi connectivity index (χ3v) is 27.6. The second kappa shape index (κ2) is 43.7. The molecule has 710 valence electrons. The van der Waals surface area contributed by atoms with E-state index in [2.05, 4.69) is 158 Å². The number of carbonyl (C=O) groups excluding carboxylic acids is 5. The first-order valence-electron chi connectivity index (χ1n) is 48.4. The first kappa shape index (κ1) is 94.6. The van der Waals surface area contributed by atoms with Gasteiger partial charge in [0, 0.05) is 290 Å². The SMILES string of the molecule is CC(=O)N1CCN(Cc2ccc(N3CCCC3)c(C(=O)Nc3ccc4[nH]c(=O)cc(C)c4c3)c2)CC1.Cc1cc(=O)[nH]c2ccc(NC(=O)c3cc(CN4CCN(C)CC4)ccc3N3CCCC3)cc12.Cc1cc(=O)[nH]c2ccc(NC(=O)c3cc(CN4CCNCC4)ccc3N3CCCC3)cc12.Cc1cc(=O)[nH]c2ccc(NC(=O)c3cc(CN4CCOCC4)ccc3N3CCCC3)cc12. The van der Waals surface area contributed by atoms with Gasteiger partial charge in [0.05, 0.1) is 35.5 Å². The number of nitrogens with zero attached hydrogens (tertiary/aromatic N) is 10. The van der Waals surface area contributed by atoms with Crippen LogP contribution in [0.1, 0.15) is 144 Å². The van der Waals surface area contributed by atoms with Gasteiger partial charge in [-0.15, -0.1) is 0 Å². The molecule has 0 aliphatic carbocycles. The summed E-state index contributed by atoms with van der Waals surface area (Å²) in [5.41, 5.74) is 20.4. The topological polar surface area (TPSA) is 319 Å². The molecule has 8 aromatic carbocycles. The number of morpholine rings is 1. The average Bonchev–Trinajstić information content (AvgIpc) is 1.27. The summed E-state index contributed by atoms with van der Waals surface area (Å²) in [6, 6.07) is 54.0. The molecule has 12 aromatic rings. The molecule has 8 aliphatic rings. The second-order valence-corrected chi connectivity index (χ2v) is 37.6. The fraction of sp³-hybridized carbons (Fsp3) is 0.393. The van der Waals surface area contributed by atoms with Gasteiger partial charge in [-0.1, -0.05) is 24.3 Å². The Labute approximate surface area is 792 Å². The summed E-state index contributed by atoms with van der Waals surface area (Å²) < 4.78 is 5.47. The van der Waals surface area contributed by atoms with Crippen LogP contribution in [0.25, 0.3) is 43.6 Å². The van der Waals surface area contributed by atoms with E-state index in [4.69, 9.17) is 4.74 Å². The van der Waals surface area contributed by atoms with Crippen molar-refractivity contribution in [2.45, 2.75) is 112 Å². The summed E-state index contributed by atoms with van der Waals surface area (Å²) >= 11 is 0. The molecule has 5 amide bonds. The van der Waals surface area contributed by atoms with Crippen molar-refractivity contribution in [2.24, 2.45) is 0 Å². The Morgan fingerprint density at radius 2 is 0.559 bits per heavy atom. The van der Waals surface area contributed by atoms with E-state index < -0.39 is 0 Å². The number of H-pyrrole nitrogens is 4. The Hall–Kier alpha value is -13.1. The number of aromatic nitrogens is 4. The van der Waals surface area contributed by atoms with Gasteiger partial charge in [-0.25, -0.2) is 0 Å². The van der Waals surface area contributed by atoms with E-state index in [1.807, 2.05) is 118 Å². The standard InChI is InChI=1S/C28H33N5O3.C27H33N5O2.C26H31N5O2.C26H30N4O3/c1-19-15-27(35)30-25-7-6-22(17-23(19)25)29-28(36)24-16-21(5-8-26(24)33-9-3-4-10-33)18-31-11-13-32(14-12-31)20(2)34;1-19-15-26(33)29-24-7-6-21(17-22(19)24)28-27(34)23-16-20(18-31-13-11-30(2)12-14-31)5-8-25(23)32-9-3-4-10-32;1-18-14-25(32)29-23-6-5-20(16-21(18)23)28-26(33)22-15-19(17-30-12-8-27-9-13-30)4-7-24(22)31-10-2-3-11-31;1-18-14-25(31)28-23-6-5-20(16-21(18)23)27-26(32)22-15-19(17-29-10-12-33-13-11-29)4-7-24(22)30-8-2-3-9-30/h5-8,15-17H,3-4,9-14,18H2,1-2H3,(H,29,36)(H,30,35);5-8,15-17H,3-4,9-14,18H2,1-2H3,(H,28,34)(H,29,33);4-7,14-16,27H,2-3,8-13,17H2,1H3,(H,28,33)(H,29,32);4-7,14-16H,2-3,8-13,17H2,1H3,(H,27,32)(H,28,31). The highest BCUT2D eigenvalue weighted by Gasteiger charge is 2.29. The zero-order valence-electron chi connectivity index (χ0n) is 79.2. The fourth-order valence-electron chi connectivity index (χ4n) is 20.1. The summed E-state index contributed by atoms with van der Waals surface area (Å²) in [7, 11) is 2.16. The van der Waals surface area contributed by atoms with E-state index in [-0.39, 0.29) is 51.8 Å². The number of amides is 5. The van der Waals surface area contributed by atoms with Crippen LogP contribution in [-0.2, 0) is 35.7 Å². The lowest BCUT2D eigenvalue weighted by molar-refractivity contribution is -0.130. The molecule has 8 aliphatic heterocycles. The summed E-state index contributed by atoms with van der Waals surface area (Å²) in [4.78, 5) is 147. The molecule has 0 saturated carbocycles. The van der Waals surface area contributed by atoms with Crippen molar-refractivity contribution in [1.82, 2.24) is 54.7 Å². The summed E-state index contributed by atoms with van der Waals surface area (Å²) in [6.07, 6.45) is 9.20. The van der Waals surface area contributed by atoms with Gasteiger partial charge >= 0.3 is 0 Å². The number of benzene rings is 8. The van der Waals surface area contributed by atoms with Gasteiger partial charge < -0.3 is 80.7 Å². The Balaban J connectivity index is 0.000000126. The lowest BCUT2D eigenvalue weighted by Gasteiger charge is -2.34. The summed E-state index contributed by atoms with van der Waals surface area (Å²) in [5.74, 6) is -0.313. The quantitative estimate of drug-likeness (QED) is 0.0342. The van der Waals surface area contributed by atoms with E-state index in [9.17, 15) is 43.2 Å². The number of aromatic amines is 4. The van der Waals surface area contributed by atoms with E-state index >= 15 is 0 Å². The lowest BCUT2D eigenvalue weighted by Crippen LogP contribution is -2.47. The van der Waals surface area contributed by atoms with Crippen molar-refractivity contribution in [2.75, 3.05) is 205 Å². The van der Waals surface area contributed by atoms with Gasteiger partial charge in [-0.3, -0.25) is 62.8 Å². The van der Waals surface area contributed by atoms with E-state index in [0.29, 0.717) is 22.5 Å². The van der Waals surface area contributed by atoms with E-state index in [1.54, 1.807) is 31.2 Å². The normalized spacial score (nSPS) is 16.9. The largest absolute Gasteiger partial charge is 0.379 e. The number of nitrogens with one attached hydrogen (secondary N) is 9. The molecule has 8 saturated heterocycles. The van der Waals surface area contributed by atoms with Crippen molar-refractivity contribution in [3.8, 4) is 0 Å². The molecule has 20 rings (SSSR count). The van der Waals surface area contributed by atoms with Crippen LogP contribution in [0, 0.1) is 27.7 Å². The van der Waals surface area contributed by atoms with Crippen molar-refractivity contribution < 1.29 is 28.7 Å². The third kappa shape index (κ3) is 23.7. The van der Waals surface area contributed by atoms with Gasteiger partial charge in [0.1, 0.15) is 0 Å². The monoisotopic (exact) mass is 1840 g/mol. The van der Waals surface area contributed by atoms with Crippen LogP contribution in [0.5, 0.6) is 0 Å². The Bertz CT molecular complexity index is 6440. The number of likely N-dealkylation sites (N-methyl/N-ethyl adjacent to an activating group) is 1. The number of hydrogen-bond donors (Lipinski definition) is 9. The van der Waals surface area contributed by atoms with Gasteiger partial charge in [-0.2, -0.15) is 0 Å². The molecule has 0 atom stereocenters. The van der Waals surface area contributed by atoms with Crippen LogP contribution in [0.3, 0.4) is 0 Å². The number of fused-ring (bicyclic) bond motifs is 4. The minimum atomic E-state index is -0.137. The van der Waals surface area contributed by atoms with Crippen LogP contribution in [-0.4, -0.2) is 243 Å². The predicted octanol–water partition coefficient (Wildman–Crippen LogP) is 13.4. The fourth-order valence-corrected chi connectivity index (χ4v) is 20.1. The van der Waals surface area contributed by atoms with Crippen LogP contribution < -0.4 is 68.4 Å². The molecule has 29 nitrogen and oxygen atoms in total. The predicted molar refractivity (Wildman–Crippen MR) is 545 cm³/mol. The number of aryl methyl sites for hydroxylation is 4. The number of piperazine rings is 3. The number of hydrogen-bond acceptors (Lipinski definition) is 20. The maximum Gasteiger partial charge on any atom is 0.257 e. The molecular weight excluding hydrogens is 1710 g/mol. The first-order valence-corrected chi connectivity index (χ1v) is 48.4. The van der Waals surface area contributed by atoms with Crippen LogP contribution in [0.2, 0.25) is 0 Å². The molecular formula is C107H127N19O10. The molecule has 0 spiro atoms. The molecule has 12 heterocycles. The minimum absolute atomic E-state index is 0.0939. The van der Waals surface area contributed by atoms with Crippen LogP contribution in [0.15, 0.2) is 189 Å². The Kier molecular flexibility index (Phi) is 30.4.